The van der Waals surface area contributed by atoms with Gasteiger partial charge in [0.1, 0.15) is 6.07 Å². The Kier molecular flexibility index (Phi) is 6.88. The first kappa shape index (κ1) is 16.9. The van der Waals surface area contributed by atoms with E-state index in [1.54, 1.807) is 6.07 Å². The first-order valence-electron chi connectivity index (χ1n) is 7.38. The maximum Gasteiger partial charge on any atom is 0.101 e. The van der Waals surface area contributed by atoms with E-state index in [-0.39, 0.29) is 0 Å². The van der Waals surface area contributed by atoms with Gasteiger partial charge in [-0.1, -0.05) is 39.3 Å². The second kappa shape index (κ2) is 8.17. The van der Waals surface area contributed by atoms with E-state index in [2.05, 4.69) is 38.7 Å². The van der Waals surface area contributed by atoms with Crippen molar-refractivity contribution in [1.29, 1.82) is 5.26 Å². The molecular weight excluding hydrogens is 268 g/mol. The Morgan fingerprint density at radius 2 is 1.65 bits per heavy atom. The molecule has 0 unspecified atom stereocenters. The normalized spacial score (nSPS) is 10.9. The van der Waals surface area contributed by atoms with Crippen LogP contribution in [-0.2, 0) is 0 Å². The minimum absolute atomic E-state index is 0.654. The predicted molar refractivity (Wildman–Crippen MR) is 87.3 cm³/mol. The third kappa shape index (κ3) is 5.43. The molecule has 0 aliphatic rings. The molecule has 2 nitrogen and oxygen atoms in total. The summed E-state index contributed by atoms with van der Waals surface area (Å²) in [5.41, 5.74) is 1.68. The second-order valence-corrected chi connectivity index (χ2v) is 6.56. The van der Waals surface area contributed by atoms with Crippen molar-refractivity contribution in [2.24, 2.45) is 11.8 Å². The van der Waals surface area contributed by atoms with E-state index < -0.39 is 0 Å². The molecular formula is C17H25ClN2. The fourth-order valence-electron chi connectivity index (χ4n) is 2.04. The number of hydrogen-bond acceptors (Lipinski definition) is 2. The topological polar surface area (TPSA) is 27.0 Å². The van der Waals surface area contributed by atoms with Crippen molar-refractivity contribution in [1.82, 2.24) is 0 Å². The molecule has 110 valence electrons. The number of nitrogens with zero attached hydrogens (tertiary/aromatic N) is 2. The van der Waals surface area contributed by atoms with Gasteiger partial charge < -0.3 is 4.90 Å². The van der Waals surface area contributed by atoms with Crippen molar-refractivity contribution in [3.63, 3.8) is 0 Å². The highest BCUT2D eigenvalue weighted by Gasteiger charge is 2.13. The van der Waals surface area contributed by atoms with Gasteiger partial charge in [0, 0.05) is 18.1 Å². The predicted octanol–water partition coefficient (Wildman–Crippen LogP) is 5.11. The Hall–Kier alpha value is -1.20. The summed E-state index contributed by atoms with van der Waals surface area (Å²) in [5.74, 6) is 1.31. The molecule has 3 heteroatoms. The van der Waals surface area contributed by atoms with Gasteiger partial charge in [-0.25, -0.2) is 0 Å². The number of benzene rings is 1. The quantitative estimate of drug-likeness (QED) is 0.698. The zero-order valence-corrected chi connectivity index (χ0v) is 13.7. The number of nitriles is 1. The van der Waals surface area contributed by atoms with Crippen molar-refractivity contribution < 1.29 is 0 Å². The summed E-state index contributed by atoms with van der Waals surface area (Å²) in [6.45, 7) is 10.8. The molecule has 1 rings (SSSR count). The summed E-state index contributed by atoms with van der Waals surface area (Å²) in [6.07, 6.45) is 2.24. The van der Waals surface area contributed by atoms with Crippen LogP contribution in [0.3, 0.4) is 0 Å². The maximum absolute atomic E-state index is 9.29. The van der Waals surface area contributed by atoms with E-state index >= 15 is 0 Å². The van der Waals surface area contributed by atoms with Crippen LogP contribution in [0.1, 0.15) is 46.1 Å². The molecule has 0 radical (unpaired) electrons. The summed E-state index contributed by atoms with van der Waals surface area (Å²) in [5, 5.41) is 9.99. The number of rotatable bonds is 7. The van der Waals surface area contributed by atoms with E-state index in [1.807, 2.05) is 12.1 Å². The molecule has 20 heavy (non-hydrogen) atoms. The van der Waals surface area contributed by atoms with Gasteiger partial charge in [-0.05, 0) is 42.9 Å². The molecule has 0 saturated heterocycles. The van der Waals surface area contributed by atoms with Crippen molar-refractivity contribution >= 4 is 17.3 Å². The van der Waals surface area contributed by atoms with Gasteiger partial charge in [-0.15, -0.1) is 0 Å². The highest BCUT2D eigenvalue weighted by molar-refractivity contribution is 6.30. The SMILES string of the molecule is CC(C)CCN(CCC(C)C)c1cc(Cl)ccc1C#N. The lowest BCUT2D eigenvalue weighted by Gasteiger charge is -2.27. The van der Waals surface area contributed by atoms with Crippen LogP contribution >= 0.6 is 11.6 Å². The van der Waals surface area contributed by atoms with Crippen molar-refractivity contribution in [3.8, 4) is 6.07 Å². The van der Waals surface area contributed by atoms with Crippen molar-refractivity contribution in [2.45, 2.75) is 40.5 Å². The first-order valence-corrected chi connectivity index (χ1v) is 7.76. The molecule has 0 aliphatic heterocycles. The van der Waals surface area contributed by atoms with Crippen LogP contribution in [0, 0.1) is 23.2 Å². The lowest BCUT2D eigenvalue weighted by atomic mass is 10.1. The Morgan fingerprint density at radius 1 is 1.10 bits per heavy atom. The van der Waals surface area contributed by atoms with E-state index in [1.165, 1.54) is 0 Å². The molecule has 0 N–H and O–H groups in total. The van der Waals surface area contributed by atoms with Crippen LogP contribution in [-0.4, -0.2) is 13.1 Å². The van der Waals surface area contributed by atoms with Gasteiger partial charge in [0.15, 0.2) is 0 Å². The molecule has 1 aromatic carbocycles. The fraction of sp³-hybridized carbons (Fsp3) is 0.588. The molecule has 0 heterocycles. The number of anilines is 1. The molecule has 0 aliphatic carbocycles. The van der Waals surface area contributed by atoms with Gasteiger partial charge in [0.25, 0.3) is 0 Å². The first-order chi connectivity index (χ1) is 9.43. The van der Waals surface area contributed by atoms with Gasteiger partial charge in [-0.2, -0.15) is 5.26 Å². The van der Waals surface area contributed by atoms with Crippen LogP contribution in [0.25, 0.3) is 0 Å². The third-order valence-corrected chi connectivity index (χ3v) is 3.61. The average Bonchev–Trinajstić information content (AvgIpc) is 2.38. The van der Waals surface area contributed by atoms with E-state index in [0.29, 0.717) is 22.4 Å². The average molecular weight is 293 g/mol. The summed E-state index contributed by atoms with van der Waals surface area (Å²) in [4.78, 5) is 2.31. The molecule has 0 saturated carbocycles. The molecule has 0 bridgehead atoms. The molecule has 1 aromatic rings. The van der Waals surface area contributed by atoms with Gasteiger partial charge >= 0.3 is 0 Å². The molecule has 0 spiro atoms. The summed E-state index contributed by atoms with van der Waals surface area (Å²) >= 11 is 6.11. The Balaban J connectivity index is 2.96. The third-order valence-electron chi connectivity index (χ3n) is 3.37. The lowest BCUT2D eigenvalue weighted by molar-refractivity contribution is 0.535. The molecule has 0 atom stereocenters. The highest BCUT2D eigenvalue weighted by Crippen LogP contribution is 2.26. The minimum Gasteiger partial charge on any atom is -0.370 e. The van der Waals surface area contributed by atoms with Gasteiger partial charge in [-0.3, -0.25) is 0 Å². The zero-order chi connectivity index (χ0) is 15.1. The van der Waals surface area contributed by atoms with Crippen LogP contribution in [0.2, 0.25) is 5.02 Å². The summed E-state index contributed by atoms with van der Waals surface area (Å²) < 4.78 is 0. The van der Waals surface area contributed by atoms with Crippen LogP contribution in [0.5, 0.6) is 0 Å². The zero-order valence-electron chi connectivity index (χ0n) is 13.0. The van der Waals surface area contributed by atoms with Crippen molar-refractivity contribution in [2.75, 3.05) is 18.0 Å². The number of halogens is 1. The second-order valence-electron chi connectivity index (χ2n) is 6.13. The Morgan fingerprint density at radius 3 is 2.10 bits per heavy atom. The van der Waals surface area contributed by atoms with Crippen molar-refractivity contribution in [3.05, 3.63) is 28.8 Å². The Bertz CT molecular complexity index is 449. The standard InChI is InChI=1S/C17H25ClN2/c1-13(2)7-9-20(10-8-14(3)4)17-11-16(18)6-5-15(17)12-19/h5-6,11,13-14H,7-10H2,1-4H3. The molecule has 0 aromatic heterocycles. The van der Waals surface area contributed by atoms with E-state index in [4.69, 9.17) is 11.6 Å². The van der Waals surface area contributed by atoms with Crippen LogP contribution in [0.4, 0.5) is 5.69 Å². The van der Waals surface area contributed by atoms with Crippen LogP contribution < -0.4 is 4.90 Å². The monoisotopic (exact) mass is 292 g/mol. The van der Waals surface area contributed by atoms with E-state index in [9.17, 15) is 5.26 Å². The number of hydrogen-bond donors (Lipinski definition) is 0. The minimum atomic E-state index is 0.654. The lowest BCUT2D eigenvalue weighted by Crippen LogP contribution is -2.28. The smallest absolute Gasteiger partial charge is 0.101 e. The molecule has 0 amide bonds. The molecule has 0 fully saturated rings. The summed E-state index contributed by atoms with van der Waals surface area (Å²) in [7, 11) is 0. The van der Waals surface area contributed by atoms with Gasteiger partial charge in [0.2, 0.25) is 0 Å². The maximum atomic E-state index is 9.29. The van der Waals surface area contributed by atoms with Gasteiger partial charge in [0.05, 0.1) is 11.3 Å². The highest BCUT2D eigenvalue weighted by atomic mass is 35.5. The fourth-order valence-corrected chi connectivity index (χ4v) is 2.21. The van der Waals surface area contributed by atoms with Crippen LogP contribution in [0.15, 0.2) is 18.2 Å². The summed E-state index contributed by atoms with van der Waals surface area (Å²) in [6, 6.07) is 7.79. The Labute approximate surface area is 128 Å². The largest absolute Gasteiger partial charge is 0.370 e. The van der Waals surface area contributed by atoms with E-state index in [0.717, 1.165) is 31.6 Å².